The van der Waals surface area contributed by atoms with Crippen molar-refractivity contribution in [2.45, 2.75) is 26.6 Å². The summed E-state index contributed by atoms with van der Waals surface area (Å²) in [5.41, 5.74) is 1.85. The van der Waals surface area contributed by atoms with E-state index in [2.05, 4.69) is 45.2 Å². The number of carbonyl (C=O) groups excluding carboxylic acids is 3. The zero-order valence-electron chi connectivity index (χ0n) is 16.8. The van der Waals surface area contributed by atoms with Crippen LogP contribution >= 0.6 is 56.9 Å². The lowest BCUT2D eigenvalue weighted by Gasteiger charge is -2.13. The lowest BCUT2D eigenvalue weighted by molar-refractivity contribution is -0.149. The molecule has 0 N–H and O–H groups in total. The number of hydrogen-bond acceptors (Lipinski definition) is 6. The highest BCUT2D eigenvalue weighted by molar-refractivity contribution is 14.1. The molecule has 2 amide bonds. The zero-order chi connectivity index (χ0) is 22.5. The van der Waals surface area contributed by atoms with Crippen LogP contribution in [0.15, 0.2) is 47.4 Å². The van der Waals surface area contributed by atoms with E-state index in [0.29, 0.717) is 6.61 Å². The Morgan fingerprint density at radius 3 is 2.39 bits per heavy atom. The van der Waals surface area contributed by atoms with Crippen LogP contribution in [-0.2, 0) is 20.9 Å². The molecule has 0 bridgehead atoms. The molecule has 0 saturated carbocycles. The van der Waals surface area contributed by atoms with Crippen LogP contribution < -0.4 is 4.74 Å². The quantitative estimate of drug-likeness (QED) is 0.223. The number of hydrogen-bond donors (Lipinski definition) is 0. The number of rotatable bonds is 7. The highest BCUT2D eigenvalue weighted by Crippen LogP contribution is 2.35. The van der Waals surface area contributed by atoms with Gasteiger partial charge in [-0.05, 0) is 100 Å². The van der Waals surface area contributed by atoms with Gasteiger partial charge in [0.2, 0.25) is 0 Å². The third kappa shape index (κ3) is 6.45. The summed E-state index contributed by atoms with van der Waals surface area (Å²) in [4.78, 5) is 37.9. The zero-order valence-corrected chi connectivity index (χ0v) is 21.9. The Labute approximate surface area is 212 Å². The molecule has 1 saturated heterocycles. The van der Waals surface area contributed by atoms with Crippen LogP contribution in [0.1, 0.15) is 25.0 Å². The Kier molecular flexibility index (Phi) is 8.39. The predicted molar refractivity (Wildman–Crippen MR) is 137 cm³/mol. The van der Waals surface area contributed by atoms with Crippen LogP contribution in [0.4, 0.5) is 4.79 Å². The van der Waals surface area contributed by atoms with Crippen molar-refractivity contribution in [1.29, 1.82) is 0 Å². The molecule has 1 fully saturated rings. The number of esters is 1. The van der Waals surface area contributed by atoms with E-state index in [4.69, 9.17) is 9.47 Å². The first-order valence-corrected chi connectivity index (χ1v) is 12.3. The van der Waals surface area contributed by atoms with E-state index in [1.54, 1.807) is 19.9 Å². The number of ether oxygens (including phenoxy) is 2. The summed E-state index contributed by atoms with van der Waals surface area (Å²) in [5, 5.41) is -0.482. The van der Waals surface area contributed by atoms with Crippen molar-refractivity contribution >= 4 is 80.1 Å². The molecule has 31 heavy (non-hydrogen) atoms. The normalized spacial score (nSPS) is 15.1. The Hall–Kier alpha value is -1.60. The van der Waals surface area contributed by atoms with Crippen molar-refractivity contribution in [3.63, 3.8) is 0 Å². The highest BCUT2D eigenvalue weighted by Gasteiger charge is 2.36. The van der Waals surface area contributed by atoms with Gasteiger partial charge in [0.1, 0.15) is 18.9 Å². The molecule has 1 aliphatic heterocycles. The molecule has 2 aromatic rings. The van der Waals surface area contributed by atoms with Gasteiger partial charge in [0.15, 0.2) is 0 Å². The van der Waals surface area contributed by atoms with E-state index in [1.165, 1.54) is 0 Å². The first kappa shape index (κ1) is 24.1. The minimum absolute atomic E-state index is 0.270. The van der Waals surface area contributed by atoms with Gasteiger partial charge in [-0.25, -0.2) is 0 Å². The average Bonchev–Trinajstić information content (AvgIpc) is 2.95. The summed E-state index contributed by atoms with van der Waals surface area (Å²) in [6, 6.07) is 13.7. The fourth-order valence-corrected chi connectivity index (χ4v) is 5.71. The van der Waals surface area contributed by atoms with Gasteiger partial charge in [0.05, 0.1) is 18.1 Å². The first-order chi connectivity index (χ1) is 14.7. The number of halogens is 2. The first-order valence-electron chi connectivity index (χ1n) is 9.35. The lowest BCUT2D eigenvalue weighted by Crippen LogP contribution is -2.35. The van der Waals surface area contributed by atoms with Gasteiger partial charge in [0.25, 0.3) is 11.1 Å². The molecule has 0 spiro atoms. The summed E-state index contributed by atoms with van der Waals surface area (Å²) in [6.07, 6.45) is 1.35. The fourth-order valence-electron chi connectivity index (χ4n) is 2.75. The van der Waals surface area contributed by atoms with Crippen LogP contribution in [-0.4, -0.2) is 34.7 Å². The van der Waals surface area contributed by atoms with Crippen LogP contribution in [0.2, 0.25) is 0 Å². The third-order valence-corrected chi connectivity index (χ3v) is 6.58. The molecule has 0 aromatic heterocycles. The molecular formula is C22H19I2NO5S. The smallest absolute Gasteiger partial charge is 0.326 e. The standard InChI is InChI=1S/C22H19I2NO5S/c1-13(2)30-19(26)11-25-21(27)18(31-22(25)28)10-15-8-16(23)20(17(24)9-15)29-12-14-6-4-3-5-7-14/h3-10,13H,11-12H2,1-2H3/b18-10+. The van der Waals surface area contributed by atoms with Gasteiger partial charge in [-0.2, -0.15) is 0 Å². The van der Waals surface area contributed by atoms with E-state index >= 15 is 0 Å². The molecule has 0 radical (unpaired) electrons. The number of nitrogens with zero attached hydrogens (tertiary/aromatic N) is 1. The molecule has 3 rings (SSSR count). The Morgan fingerprint density at radius 2 is 1.77 bits per heavy atom. The highest BCUT2D eigenvalue weighted by atomic mass is 127. The Bertz CT molecular complexity index is 1020. The maximum absolute atomic E-state index is 12.6. The van der Waals surface area contributed by atoms with E-state index in [-0.39, 0.29) is 17.6 Å². The SMILES string of the molecule is CC(C)OC(=O)CN1C(=O)S/C(=C/c2cc(I)c(OCc3ccccc3)c(I)c2)C1=O. The second kappa shape index (κ2) is 10.8. The number of amides is 2. The lowest BCUT2D eigenvalue weighted by atomic mass is 10.2. The van der Waals surface area contributed by atoms with Crippen molar-refractivity contribution in [2.75, 3.05) is 6.54 Å². The molecule has 0 unspecified atom stereocenters. The summed E-state index contributed by atoms with van der Waals surface area (Å²) in [6.45, 7) is 3.49. The molecule has 6 nitrogen and oxygen atoms in total. The van der Waals surface area contributed by atoms with Gasteiger partial charge in [-0.3, -0.25) is 19.3 Å². The summed E-state index contributed by atoms with van der Waals surface area (Å²) in [5.74, 6) is -0.334. The molecular weight excluding hydrogens is 644 g/mol. The summed E-state index contributed by atoms with van der Waals surface area (Å²) < 4.78 is 12.8. The van der Waals surface area contributed by atoms with Crippen LogP contribution in [0.5, 0.6) is 5.75 Å². The van der Waals surface area contributed by atoms with Crippen molar-refractivity contribution in [1.82, 2.24) is 4.90 Å². The van der Waals surface area contributed by atoms with Gasteiger partial charge in [-0.1, -0.05) is 30.3 Å². The van der Waals surface area contributed by atoms with E-state index in [1.807, 2.05) is 42.5 Å². The number of carbonyl (C=O) groups is 3. The maximum Gasteiger partial charge on any atom is 0.326 e. The van der Waals surface area contributed by atoms with Gasteiger partial charge >= 0.3 is 5.97 Å². The molecule has 0 aliphatic carbocycles. The predicted octanol–water partition coefficient (Wildman–Crippen LogP) is 5.46. The van der Waals surface area contributed by atoms with E-state index in [9.17, 15) is 14.4 Å². The minimum Gasteiger partial charge on any atom is -0.487 e. The van der Waals surface area contributed by atoms with Crippen molar-refractivity contribution < 1.29 is 23.9 Å². The fraction of sp³-hybridized carbons (Fsp3) is 0.227. The number of benzene rings is 2. The minimum atomic E-state index is -0.609. The van der Waals surface area contributed by atoms with Crippen molar-refractivity contribution in [3.8, 4) is 5.75 Å². The van der Waals surface area contributed by atoms with E-state index < -0.39 is 17.1 Å². The van der Waals surface area contributed by atoms with Crippen LogP contribution in [0, 0.1) is 7.14 Å². The summed E-state index contributed by atoms with van der Waals surface area (Å²) >= 11 is 5.20. The monoisotopic (exact) mass is 663 g/mol. The molecule has 162 valence electrons. The maximum atomic E-state index is 12.6. The Balaban J connectivity index is 1.73. The number of thioether (sulfide) groups is 1. The largest absolute Gasteiger partial charge is 0.487 e. The molecule has 1 heterocycles. The van der Waals surface area contributed by atoms with Crippen molar-refractivity contribution in [3.05, 3.63) is 65.6 Å². The molecule has 9 heteroatoms. The third-order valence-electron chi connectivity index (χ3n) is 4.07. The molecule has 2 aromatic carbocycles. The number of imide groups is 1. The second-order valence-corrected chi connectivity index (χ2v) is 10.2. The van der Waals surface area contributed by atoms with Gasteiger partial charge < -0.3 is 9.47 Å². The molecule has 1 aliphatic rings. The van der Waals surface area contributed by atoms with Gasteiger partial charge in [-0.15, -0.1) is 0 Å². The van der Waals surface area contributed by atoms with Crippen LogP contribution in [0.25, 0.3) is 6.08 Å². The topological polar surface area (TPSA) is 72.9 Å². The summed E-state index contributed by atoms with van der Waals surface area (Å²) in [7, 11) is 0. The molecule has 0 atom stereocenters. The van der Waals surface area contributed by atoms with E-state index in [0.717, 1.165) is 40.7 Å². The van der Waals surface area contributed by atoms with Crippen molar-refractivity contribution in [2.24, 2.45) is 0 Å². The average molecular weight is 663 g/mol. The Morgan fingerprint density at radius 1 is 1.13 bits per heavy atom. The van der Waals surface area contributed by atoms with Gasteiger partial charge in [0, 0.05) is 0 Å². The van der Waals surface area contributed by atoms with Crippen LogP contribution in [0.3, 0.4) is 0 Å². The second-order valence-electron chi connectivity index (χ2n) is 6.89.